The fraction of sp³-hybridized carbons (Fsp3) is 0.357. The Bertz CT molecular complexity index is 1140. The normalized spacial score (nSPS) is 16.4. The van der Waals surface area contributed by atoms with Crippen LogP contribution in [0.3, 0.4) is 0 Å². The van der Waals surface area contributed by atoms with Crippen LogP contribution in [-0.2, 0) is 20.9 Å². The van der Waals surface area contributed by atoms with Gasteiger partial charge in [-0.2, -0.15) is 5.10 Å². The second-order valence-electron chi connectivity index (χ2n) is 9.43. The van der Waals surface area contributed by atoms with Crippen molar-refractivity contribution in [3.8, 4) is 0 Å². The van der Waals surface area contributed by atoms with Crippen LogP contribution in [0.25, 0.3) is 0 Å². The smallest absolute Gasteiger partial charge is 0.248 e. The zero-order valence-corrected chi connectivity index (χ0v) is 20.3. The Labute approximate surface area is 211 Å². The van der Waals surface area contributed by atoms with Crippen molar-refractivity contribution >= 4 is 23.3 Å². The van der Waals surface area contributed by atoms with Gasteiger partial charge in [-0.3, -0.25) is 9.59 Å². The first-order valence-corrected chi connectivity index (χ1v) is 12.5. The number of hydrogen-bond donors (Lipinski definition) is 1. The number of ether oxygens (including phenoxy) is 1. The molecule has 0 aliphatic carbocycles. The third kappa shape index (κ3) is 5.88. The summed E-state index contributed by atoms with van der Waals surface area (Å²) in [7, 11) is 0. The summed E-state index contributed by atoms with van der Waals surface area (Å²) >= 11 is 0. The van der Waals surface area contributed by atoms with Crippen LogP contribution in [0.5, 0.6) is 0 Å². The first-order chi connectivity index (χ1) is 17.7. The lowest BCUT2D eigenvalue weighted by Gasteiger charge is -2.38. The lowest BCUT2D eigenvalue weighted by atomic mass is 9.89. The fourth-order valence-corrected chi connectivity index (χ4v) is 4.76. The number of carbonyl (C=O) groups excluding carboxylic acids is 2. The van der Waals surface area contributed by atoms with E-state index in [1.165, 1.54) is 5.56 Å². The van der Waals surface area contributed by atoms with Gasteiger partial charge >= 0.3 is 0 Å². The molecule has 2 aromatic carbocycles. The van der Waals surface area contributed by atoms with Crippen LogP contribution in [-0.4, -0.2) is 59.7 Å². The van der Waals surface area contributed by atoms with Crippen molar-refractivity contribution in [2.24, 2.45) is 5.92 Å². The minimum absolute atomic E-state index is 0.0317. The van der Waals surface area contributed by atoms with Crippen LogP contribution in [0.4, 0.5) is 11.5 Å². The van der Waals surface area contributed by atoms with Gasteiger partial charge in [0.15, 0.2) is 5.82 Å². The van der Waals surface area contributed by atoms with Crippen LogP contribution >= 0.6 is 0 Å². The molecule has 0 spiro atoms. The van der Waals surface area contributed by atoms with Gasteiger partial charge in [-0.25, -0.2) is 0 Å². The van der Waals surface area contributed by atoms with Gasteiger partial charge in [-0.1, -0.05) is 42.5 Å². The number of carbonyl (C=O) groups is 2. The summed E-state index contributed by atoms with van der Waals surface area (Å²) in [5.41, 5.74) is 3.13. The molecular weight excluding hydrogens is 454 g/mol. The number of nitrogens with zero attached hydrogens (tertiary/aromatic N) is 4. The van der Waals surface area contributed by atoms with E-state index in [2.05, 4.69) is 27.6 Å². The van der Waals surface area contributed by atoms with Gasteiger partial charge in [0.25, 0.3) is 0 Å². The maximum atomic E-state index is 12.6. The van der Waals surface area contributed by atoms with Gasteiger partial charge in [0.2, 0.25) is 11.8 Å². The van der Waals surface area contributed by atoms with Crippen molar-refractivity contribution in [2.75, 3.05) is 43.0 Å². The second-order valence-corrected chi connectivity index (χ2v) is 9.43. The molecule has 8 nitrogen and oxygen atoms in total. The standard InChI is InChI=1S/C28H31N5O3/c34-27(20-36-19-21-5-2-1-3-6-21)32-15-12-23(13-16-32)22-8-10-25(11-9-22)30-28(35)24-17-33(18-24)26-7-4-14-29-31-26/h1-11,14,23-24H,12-13,15-20H2,(H,30,35). The van der Waals surface area contributed by atoms with E-state index in [-0.39, 0.29) is 24.3 Å². The summed E-state index contributed by atoms with van der Waals surface area (Å²) in [6, 6.07) is 21.8. The maximum absolute atomic E-state index is 12.6. The van der Waals surface area contributed by atoms with Crippen molar-refractivity contribution in [1.29, 1.82) is 0 Å². The van der Waals surface area contributed by atoms with Gasteiger partial charge in [0.05, 0.1) is 12.5 Å². The number of benzene rings is 2. The van der Waals surface area contributed by atoms with E-state index >= 15 is 0 Å². The number of aromatic nitrogens is 2. The van der Waals surface area contributed by atoms with Crippen molar-refractivity contribution in [1.82, 2.24) is 15.1 Å². The van der Waals surface area contributed by atoms with Crippen molar-refractivity contribution in [2.45, 2.75) is 25.4 Å². The molecule has 8 heteroatoms. The molecule has 3 aromatic rings. The Morgan fingerprint density at radius 1 is 0.944 bits per heavy atom. The molecule has 2 amide bonds. The number of piperidine rings is 1. The largest absolute Gasteiger partial charge is 0.367 e. The molecule has 2 saturated heterocycles. The van der Waals surface area contributed by atoms with Gasteiger partial charge in [0.1, 0.15) is 6.61 Å². The molecule has 0 saturated carbocycles. The maximum Gasteiger partial charge on any atom is 0.248 e. The Morgan fingerprint density at radius 2 is 1.69 bits per heavy atom. The van der Waals surface area contributed by atoms with Crippen molar-refractivity contribution < 1.29 is 14.3 Å². The highest BCUT2D eigenvalue weighted by atomic mass is 16.5. The number of amides is 2. The first-order valence-electron chi connectivity index (χ1n) is 12.5. The Kier molecular flexibility index (Phi) is 7.52. The highest BCUT2D eigenvalue weighted by Crippen LogP contribution is 2.29. The van der Waals surface area contributed by atoms with E-state index in [4.69, 9.17) is 4.74 Å². The molecule has 1 aromatic heterocycles. The lowest BCUT2D eigenvalue weighted by molar-refractivity contribution is -0.137. The molecule has 186 valence electrons. The predicted octanol–water partition coefficient (Wildman–Crippen LogP) is 3.47. The topological polar surface area (TPSA) is 87.7 Å². The minimum atomic E-state index is -0.0507. The molecule has 0 atom stereocenters. The summed E-state index contributed by atoms with van der Waals surface area (Å²) in [4.78, 5) is 29.1. The van der Waals surface area contributed by atoms with Gasteiger partial charge < -0.3 is 19.9 Å². The third-order valence-corrected chi connectivity index (χ3v) is 6.97. The summed E-state index contributed by atoms with van der Waals surface area (Å²) in [6.07, 6.45) is 3.50. The number of anilines is 2. The average molecular weight is 486 g/mol. The summed E-state index contributed by atoms with van der Waals surface area (Å²) in [5, 5.41) is 11.0. The van der Waals surface area contributed by atoms with Crippen molar-refractivity contribution in [3.63, 3.8) is 0 Å². The van der Waals surface area contributed by atoms with Gasteiger partial charge in [-0.05, 0) is 54.2 Å². The van der Waals surface area contributed by atoms with E-state index in [9.17, 15) is 9.59 Å². The minimum Gasteiger partial charge on any atom is -0.367 e. The van der Waals surface area contributed by atoms with Crippen LogP contribution in [0.2, 0.25) is 0 Å². The van der Waals surface area contributed by atoms with E-state index in [1.54, 1.807) is 6.20 Å². The van der Waals surface area contributed by atoms with E-state index in [0.29, 0.717) is 25.6 Å². The quantitative estimate of drug-likeness (QED) is 0.526. The monoisotopic (exact) mass is 485 g/mol. The molecule has 2 aliphatic heterocycles. The molecule has 0 bridgehead atoms. The van der Waals surface area contributed by atoms with Crippen molar-refractivity contribution in [3.05, 3.63) is 84.1 Å². The second kappa shape index (κ2) is 11.3. The number of likely N-dealkylation sites (tertiary alicyclic amines) is 1. The lowest BCUT2D eigenvalue weighted by Crippen LogP contribution is -2.52. The Hall–Kier alpha value is -3.78. The predicted molar refractivity (Wildman–Crippen MR) is 137 cm³/mol. The van der Waals surface area contributed by atoms with Gasteiger partial charge in [-0.15, -0.1) is 5.10 Å². The van der Waals surface area contributed by atoms with Crippen LogP contribution in [0.15, 0.2) is 72.9 Å². The third-order valence-electron chi connectivity index (χ3n) is 6.97. The zero-order chi connectivity index (χ0) is 24.7. The molecule has 2 aliphatic rings. The summed E-state index contributed by atoms with van der Waals surface area (Å²) in [5.74, 6) is 1.25. The highest BCUT2D eigenvalue weighted by Gasteiger charge is 2.33. The van der Waals surface area contributed by atoms with E-state index in [1.807, 2.05) is 64.4 Å². The first kappa shape index (κ1) is 23.9. The average Bonchev–Trinajstić information content (AvgIpc) is 2.89. The molecule has 0 radical (unpaired) electrons. The summed E-state index contributed by atoms with van der Waals surface area (Å²) < 4.78 is 5.61. The molecule has 2 fully saturated rings. The SMILES string of the molecule is O=C(Nc1ccc(C2CCN(C(=O)COCc3ccccc3)CC2)cc1)C1CN(c2cccnn2)C1. The molecule has 3 heterocycles. The molecule has 1 N–H and O–H groups in total. The molecule has 5 rings (SSSR count). The number of hydrogen-bond acceptors (Lipinski definition) is 6. The van der Waals surface area contributed by atoms with E-state index < -0.39 is 0 Å². The molecular formula is C28H31N5O3. The van der Waals surface area contributed by atoms with Crippen LogP contribution in [0.1, 0.15) is 29.9 Å². The van der Waals surface area contributed by atoms with E-state index in [0.717, 1.165) is 43.0 Å². The summed E-state index contributed by atoms with van der Waals surface area (Å²) in [6.45, 7) is 3.34. The van der Waals surface area contributed by atoms with Crippen LogP contribution < -0.4 is 10.2 Å². The van der Waals surface area contributed by atoms with Gasteiger partial charge in [0, 0.05) is 38.1 Å². The highest BCUT2D eigenvalue weighted by molar-refractivity contribution is 5.94. The number of rotatable bonds is 8. The molecule has 36 heavy (non-hydrogen) atoms. The number of nitrogens with one attached hydrogen (secondary N) is 1. The Morgan fingerprint density at radius 3 is 2.39 bits per heavy atom. The fourth-order valence-electron chi connectivity index (χ4n) is 4.76. The zero-order valence-electron chi connectivity index (χ0n) is 20.3. The molecule has 0 unspecified atom stereocenters. The van der Waals surface area contributed by atoms with Crippen LogP contribution in [0, 0.1) is 5.92 Å². The Balaban J connectivity index is 1.03.